The summed E-state index contributed by atoms with van der Waals surface area (Å²) in [6.07, 6.45) is 6.75. The van der Waals surface area contributed by atoms with E-state index in [1.807, 2.05) is 11.8 Å². The van der Waals surface area contributed by atoms with Crippen LogP contribution in [0.1, 0.15) is 25.7 Å². The Labute approximate surface area is 133 Å². The average Bonchev–Trinajstić information content (AvgIpc) is 3.04. The van der Waals surface area contributed by atoms with Gasteiger partial charge in [0.1, 0.15) is 0 Å². The van der Waals surface area contributed by atoms with Gasteiger partial charge in [-0.2, -0.15) is 11.8 Å². The van der Waals surface area contributed by atoms with Gasteiger partial charge in [-0.1, -0.05) is 6.42 Å². The number of pyridine rings is 1. The first-order valence-corrected chi connectivity index (χ1v) is 8.66. The molecule has 2 aliphatic heterocycles. The van der Waals surface area contributed by atoms with E-state index < -0.39 is 0 Å². The first-order valence-electron chi connectivity index (χ1n) is 7.61. The van der Waals surface area contributed by atoms with Gasteiger partial charge in [-0.05, 0) is 25.0 Å². The maximum absolute atomic E-state index is 11.8. The number of carbonyl (C=O) groups excluding carboxylic acids is 2. The van der Waals surface area contributed by atoms with Crippen LogP contribution in [-0.2, 0) is 4.79 Å². The van der Waals surface area contributed by atoms with E-state index in [-0.39, 0.29) is 24.0 Å². The lowest BCUT2D eigenvalue weighted by Gasteiger charge is -2.16. The highest BCUT2D eigenvalue weighted by molar-refractivity contribution is 8.00. The van der Waals surface area contributed by atoms with Gasteiger partial charge < -0.3 is 16.0 Å². The molecule has 22 heavy (non-hydrogen) atoms. The van der Waals surface area contributed by atoms with Crippen molar-refractivity contribution in [3.05, 3.63) is 24.5 Å². The summed E-state index contributed by atoms with van der Waals surface area (Å²) in [7, 11) is 0. The van der Waals surface area contributed by atoms with Crippen LogP contribution in [0, 0.1) is 0 Å². The van der Waals surface area contributed by atoms with Gasteiger partial charge in [0.25, 0.3) is 0 Å². The molecule has 2 saturated heterocycles. The van der Waals surface area contributed by atoms with E-state index in [1.165, 1.54) is 0 Å². The van der Waals surface area contributed by atoms with E-state index in [0.29, 0.717) is 11.7 Å². The predicted octanol–water partition coefficient (Wildman–Crippen LogP) is 1.75. The number of thioether (sulfide) groups is 1. The molecule has 0 aromatic carbocycles. The van der Waals surface area contributed by atoms with Gasteiger partial charge in [-0.3, -0.25) is 9.78 Å². The van der Waals surface area contributed by atoms with Crippen molar-refractivity contribution < 1.29 is 9.59 Å². The molecule has 3 rings (SSSR count). The molecule has 0 aliphatic carbocycles. The summed E-state index contributed by atoms with van der Waals surface area (Å²) in [6.45, 7) is 0. The standard InChI is InChI=1S/C15H20N4O2S/c20-13(17-10-5-7-16-8-6-10)4-2-1-3-12-14-11(9-22-12)18-15(21)19-14/h5-8,11-12,14H,1-4,9H2,(H,16,17,20)(H2,18,19,21)/t11-,12+,14+/m0/s1. The summed E-state index contributed by atoms with van der Waals surface area (Å²) in [5, 5.41) is 9.26. The number of amides is 3. The molecule has 0 spiro atoms. The monoisotopic (exact) mass is 320 g/mol. The second kappa shape index (κ2) is 7.00. The Morgan fingerprint density at radius 2 is 2.14 bits per heavy atom. The molecular weight excluding hydrogens is 300 g/mol. The normalized spacial score (nSPS) is 26.2. The number of urea groups is 1. The van der Waals surface area contributed by atoms with Crippen molar-refractivity contribution >= 4 is 29.4 Å². The number of nitrogens with one attached hydrogen (secondary N) is 3. The van der Waals surface area contributed by atoms with Gasteiger partial charge in [0.2, 0.25) is 5.91 Å². The van der Waals surface area contributed by atoms with Crippen LogP contribution < -0.4 is 16.0 Å². The third-order valence-corrected chi connectivity index (χ3v) is 5.55. The predicted molar refractivity (Wildman–Crippen MR) is 86.8 cm³/mol. The van der Waals surface area contributed by atoms with Crippen LogP contribution in [0.5, 0.6) is 0 Å². The number of carbonyl (C=O) groups is 2. The molecule has 0 saturated carbocycles. The van der Waals surface area contributed by atoms with Crippen molar-refractivity contribution in [3.8, 4) is 0 Å². The Kier molecular flexibility index (Phi) is 4.82. The Morgan fingerprint density at radius 1 is 1.32 bits per heavy atom. The molecule has 3 N–H and O–H groups in total. The molecule has 3 atom stereocenters. The van der Waals surface area contributed by atoms with Crippen LogP contribution in [0.4, 0.5) is 10.5 Å². The van der Waals surface area contributed by atoms with Crippen molar-refractivity contribution in [2.75, 3.05) is 11.1 Å². The second-order valence-electron chi connectivity index (χ2n) is 5.65. The second-order valence-corrected chi connectivity index (χ2v) is 6.92. The molecule has 3 heterocycles. The minimum absolute atomic E-state index is 0.0407. The molecule has 118 valence electrons. The Balaban J connectivity index is 1.34. The Hall–Kier alpha value is -1.76. The zero-order valence-corrected chi connectivity index (χ0v) is 13.1. The zero-order chi connectivity index (χ0) is 15.4. The van der Waals surface area contributed by atoms with Crippen LogP contribution in [0.2, 0.25) is 0 Å². The number of unbranched alkanes of at least 4 members (excludes halogenated alkanes) is 1. The molecule has 0 unspecified atom stereocenters. The van der Waals surface area contributed by atoms with Crippen molar-refractivity contribution in [2.45, 2.75) is 43.0 Å². The fraction of sp³-hybridized carbons (Fsp3) is 0.533. The molecule has 1 aromatic rings. The fourth-order valence-electron chi connectivity index (χ4n) is 2.93. The van der Waals surface area contributed by atoms with E-state index in [9.17, 15) is 9.59 Å². The van der Waals surface area contributed by atoms with E-state index in [0.717, 1.165) is 30.7 Å². The van der Waals surface area contributed by atoms with E-state index >= 15 is 0 Å². The highest BCUT2D eigenvalue weighted by Crippen LogP contribution is 2.33. The molecule has 2 aliphatic rings. The summed E-state index contributed by atoms with van der Waals surface area (Å²) < 4.78 is 0. The Morgan fingerprint density at radius 3 is 2.95 bits per heavy atom. The van der Waals surface area contributed by atoms with Crippen molar-refractivity contribution in [3.63, 3.8) is 0 Å². The molecule has 0 radical (unpaired) electrons. The molecule has 7 heteroatoms. The average molecular weight is 320 g/mol. The molecule has 1 aromatic heterocycles. The Bertz CT molecular complexity index is 540. The van der Waals surface area contributed by atoms with Crippen molar-refractivity contribution in [1.29, 1.82) is 0 Å². The van der Waals surface area contributed by atoms with E-state index in [2.05, 4.69) is 20.9 Å². The van der Waals surface area contributed by atoms with Gasteiger partial charge >= 0.3 is 6.03 Å². The topological polar surface area (TPSA) is 83.1 Å². The maximum Gasteiger partial charge on any atom is 0.315 e. The highest BCUT2D eigenvalue weighted by atomic mass is 32.2. The van der Waals surface area contributed by atoms with Gasteiger partial charge in [-0.15, -0.1) is 0 Å². The summed E-state index contributed by atoms with van der Waals surface area (Å²) in [5.41, 5.74) is 0.786. The first-order chi connectivity index (χ1) is 10.7. The number of anilines is 1. The summed E-state index contributed by atoms with van der Waals surface area (Å²) in [5.74, 6) is 1.02. The van der Waals surface area contributed by atoms with Crippen molar-refractivity contribution in [2.24, 2.45) is 0 Å². The molecule has 0 bridgehead atoms. The van der Waals surface area contributed by atoms with E-state index in [4.69, 9.17) is 0 Å². The lowest BCUT2D eigenvalue weighted by Crippen LogP contribution is -2.36. The lowest BCUT2D eigenvalue weighted by molar-refractivity contribution is -0.116. The summed E-state index contributed by atoms with van der Waals surface area (Å²) >= 11 is 1.91. The minimum Gasteiger partial charge on any atom is -0.332 e. The van der Waals surface area contributed by atoms with Crippen LogP contribution in [0.25, 0.3) is 0 Å². The van der Waals surface area contributed by atoms with Crippen LogP contribution >= 0.6 is 11.8 Å². The number of aromatic nitrogens is 1. The van der Waals surface area contributed by atoms with Gasteiger partial charge in [0, 0.05) is 35.5 Å². The highest BCUT2D eigenvalue weighted by Gasteiger charge is 2.42. The van der Waals surface area contributed by atoms with Gasteiger partial charge in [0.05, 0.1) is 12.1 Å². The van der Waals surface area contributed by atoms with Crippen LogP contribution in [0.15, 0.2) is 24.5 Å². The largest absolute Gasteiger partial charge is 0.332 e. The van der Waals surface area contributed by atoms with Crippen LogP contribution in [0.3, 0.4) is 0 Å². The number of nitrogens with zero attached hydrogens (tertiary/aromatic N) is 1. The fourth-order valence-corrected chi connectivity index (χ4v) is 4.48. The number of fused-ring (bicyclic) bond motifs is 1. The maximum atomic E-state index is 11.8. The third kappa shape index (κ3) is 3.71. The number of hydrogen-bond acceptors (Lipinski definition) is 4. The van der Waals surface area contributed by atoms with Gasteiger partial charge in [-0.25, -0.2) is 4.79 Å². The molecule has 6 nitrogen and oxygen atoms in total. The molecular formula is C15H20N4O2S. The van der Waals surface area contributed by atoms with Crippen LogP contribution in [-0.4, -0.2) is 40.0 Å². The molecule has 2 fully saturated rings. The quantitative estimate of drug-likeness (QED) is 0.551. The lowest BCUT2D eigenvalue weighted by atomic mass is 10.0. The van der Waals surface area contributed by atoms with Crippen molar-refractivity contribution in [1.82, 2.24) is 15.6 Å². The first kappa shape index (κ1) is 15.1. The summed E-state index contributed by atoms with van der Waals surface area (Å²) in [4.78, 5) is 27.1. The van der Waals surface area contributed by atoms with Gasteiger partial charge in [0.15, 0.2) is 0 Å². The number of hydrogen-bond donors (Lipinski definition) is 3. The minimum atomic E-state index is -0.0444. The van der Waals surface area contributed by atoms with E-state index in [1.54, 1.807) is 24.5 Å². The SMILES string of the molecule is O=C(CCCC[C@H]1SC[C@@H]2NC(=O)N[C@H]21)Nc1ccncc1. The smallest absolute Gasteiger partial charge is 0.315 e. The third-order valence-electron chi connectivity index (χ3n) is 4.04. The summed E-state index contributed by atoms with van der Waals surface area (Å²) in [6, 6.07) is 4.05. The zero-order valence-electron chi connectivity index (χ0n) is 12.2. The number of rotatable bonds is 6. The molecule has 3 amide bonds.